The smallest absolute Gasteiger partial charge is 0.459 e. The van der Waals surface area contributed by atoms with Crippen LogP contribution >= 0.6 is 0 Å². The van der Waals surface area contributed by atoms with Crippen LogP contribution in [0.3, 0.4) is 0 Å². The average molecular weight is 457 g/mol. The standard InChI is InChI=1S/C21H17F2N5O5/c22-21(23)32-15-4-3-13(10-17(15)33-21)25-18(29)12-27-5-7-28(8-6-27)20-14(11-24)26-19(31-20)16-2-1-9-30-16/h1-4,9-10H,5-8,12H2,(H,25,29). The fourth-order valence-corrected chi connectivity index (χ4v) is 3.64. The summed E-state index contributed by atoms with van der Waals surface area (Å²) in [7, 11) is 0. The number of rotatable bonds is 5. The predicted octanol–water partition coefficient (Wildman–Crippen LogP) is 2.89. The Balaban J connectivity index is 1.16. The second-order valence-electron chi connectivity index (χ2n) is 7.40. The zero-order valence-corrected chi connectivity index (χ0v) is 17.1. The van der Waals surface area contributed by atoms with Crippen molar-refractivity contribution in [2.45, 2.75) is 6.29 Å². The van der Waals surface area contributed by atoms with Gasteiger partial charge in [0.05, 0.1) is 12.8 Å². The molecule has 5 rings (SSSR count). The molecule has 0 unspecified atom stereocenters. The van der Waals surface area contributed by atoms with E-state index in [1.165, 1.54) is 24.5 Å². The van der Waals surface area contributed by atoms with Crippen molar-refractivity contribution in [1.82, 2.24) is 9.88 Å². The average Bonchev–Trinajstić information content (AvgIpc) is 3.51. The van der Waals surface area contributed by atoms with Crippen molar-refractivity contribution in [3.8, 4) is 29.2 Å². The van der Waals surface area contributed by atoms with E-state index >= 15 is 0 Å². The van der Waals surface area contributed by atoms with Gasteiger partial charge in [0.25, 0.3) is 5.89 Å². The highest BCUT2D eigenvalue weighted by molar-refractivity contribution is 5.92. The van der Waals surface area contributed by atoms with Crippen LogP contribution < -0.4 is 19.7 Å². The van der Waals surface area contributed by atoms with Crippen LogP contribution in [0.5, 0.6) is 11.5 Å². The molecule has 2 aliphatic heterocycles. The number of piperazine rings is 1. The third-order valence-electron chi connectivity index (χ3n) is 5.16. The maximum absolute atomic E-state index is 13.1. The van der Waals surface area contributed by atoms with Gasteiger partial charge in [-0.15, -0.1) is 8.78 Å². The topological polar surface area (TPSA) is 117 Å². The SMILES string of the molecule is N#Cc1nc(-c2ccco2)oc1N1CCN(CC(=O)Nc2ccc3c(c2)OC(F)(F)O3)CC1. The minimum absolute atomic E-state index is 0.0894. The van der Waals surface area contributed by atoms with E-state index in [0.717, 1.165) is 0 Å². The number of aromatic nitrogens is 1. The molecule has 0 spiro atoms. The number of carbonyl (C=O) groups excluding carboxylic acids is 1. The van der Waals surface area contributed by atoms with Gasteiger partial charge in [-0.2, -0.15) is 10.2 Å². The molecule has 1 amide bonds. The molecule has 4 heterocycles. The van der Waals surface area contributed by atoms with Crippen LogP contribution in [0.1, 0.15) is 5.69 Å². The summed E-state index contributed by atoms with van der Waals surface area (Å²) in [4.78, 5) is 20.4. The van der Waals surface area contributed by atoms with Crippen LogP contribution in [0.15, 0.2) is 45.4 Å². The van der Waals surface area contributed by atoms with Crippen LogP contribution in [0.2, 0.25) is 0 Å². The molecule has 33 heavy (non-hydrogen) atoms. The lowest BCUT2D eigenvalue weighted by molar-refractivity contribution is -0.286. The second-order valence-corrected chi connectivity index (χ2v) is 7.40. The number of nitrogens with one attached hydrogen (secondary N) is 1. The molecule has 0 bridgehead atoms. The monoisotopic (exact) mass is 457 g/mol. The van der Waals surface area contributed by atoms with Gasteiger partial charge in [0, 0.05) is 37.9 Å². The number of furan rings is 1. The van der Waals surface area contributed by atoms with Gasteiger partial charge in [0.15, 0.2) is 17.3 Å². The van der Waals surface area contributed by atoms with Gasteiger partial charge < -0.3 is 28.5 Å². The van der Waals surface area contributed by atoms with Crippen molar-refractivity contribution < 1.29 is 31.9 Å². The van der Waals surface area contributed by atoms with E-state index < -0.39 is 6.29 Å². The van der Waals surface area contributed by atoms with Gasteiger partial charge in [-0.3, -0.25) is 9.69 Å². The molecule has 170 valence electrons. The zero-order valence-electron chi connectivity index (χ0n) is 17.1. The van der Waals surface area contributed by atoms with Crippen LogP contribution in [-0.2, 0) is 4.79 Å². The van der Waals surface area contributed by atoms with E-state index in [2.05, 4.69) is 19.8 Å². The summed E-state index contributed by atoms with van der Waals surface area (Å²) >= 11 is 0. The number of ether oxygens (including phenoxy) is 2. The molecule has 0 aliphatic carbocycles. The van der Waals surface area contributed by atoms with Crippen LogP contribution in [0.4, 0.5) is 20.4 Å². The normalized spacial score (nSPS) is 17.1. The summed E-state index contributed by atoms with van der Waals surface area (Å²) in [5.41, 5.74) is 0.491. The second kappa shape index (κ2) is 8.10. The van der Waals surface area contributed by atoms with Gasteiger partial charge in [-0.25, -0.2) is 0 Å². The minimum Gasteiger partial charge on any atom is -0.459 e. The van der Waals surface area contributed by atoms with Gasteiger partial charge in [-0.1, -0.05) is 0 Å². The van der Waals surface area contributed by atoms with Crippen LogP contribution in [0.25, 0.3) is 11.7 Å². The fraction of sp³-hybridized carbons (Fsp3) is 0.286. The molecule has 2 aromatic heterocycles. The van der Waals surface area contributed by atoms with Gasteiger partial charge in [0.1, 0.15) is 6.07 Å². The Labute approximate surface area is 185 Å². The molecule has 1 saturated heterocycles. The van der Waals surface area contributed by atoms with Crippen molar-refractivity contribution in [1.29, 1.82) is 5.26 Å². The van der Waals surface area contributed by atoms with Gasteiger partial charge in [-0.05, 0) is 24.3 Å². The Bertz CT molecular complexity index is 1210. The number of halogens is 2. The molecule has 3 aromatic rings. The Morgan fingerprint density at radius 3 is 2.70 bits per heavy atom. The number of nitrogens with zero attached hydrogens (tertiary/aromatic N) is 4. The first-order chi connectivity index (χ1) is 15.9. The first-order valence-electron chi connectivity index (χ1n) is 10.0. The molecular formula is C21H17F2N5O5. The van der Waals surface area contributed by atoms with Crippen molar-refractivity contribution >= 4 is 17.5 Å². The first kappa shape index (κ1) is 20.8. The highest BCUT2D eigenvalue weighted by atomic mass is 19.3. The molecule has 12 heteroatoms. The molecule has 1 N–H and O–H groups in total. The highest BCUT2D eigenvalue weighted by Gasteiger charge is 2.43. The quantitative estimate of drug-likeness (QED) is 0.617. The van der Waals surface area contributed by atoms with E-state index in [-0.39, 0.29) is 35.5 Å². The zero-order chi connectivity index (χ0) is 23.0. The third-order valence-corrected chi connectivity index (χ3v) is 5.16. The summed E-state index contributed by atoms with van der Waals surface area (Å²) in [6.45, 7) is 2.24. The Morgan fingerprint density at radius 1 is 1.18 bits per heavy atom. The third kappa shape index (κ3) is 4.31. The number of hydrogen-bond donors (Lipinski definition) is 1. The number of alkyl halides is 2. The van der Waals surface area contributed by atoms with E-state index in [9.17, 15) is 18.8 Å². The summed E-state index contributed by atoms with van der Waals surface area (Å²) in [6, 6.07) is 9.49. The number of oxazole rings is 1. The molecule has 1 aromatic carbocycles. The lowest BCUT2D eigenvalue weighted by atomic mass is 10.2. The largest absolute Gasteiger partial charge is 0.586 e. The summed E-state index contributed by atoms with van der Waals surface area (Å²) in [6.07, 6.45) is -2.22. The molecule has 0 saturated carbocycles. The lowest BCUT2D eigenvalue weighted by Crippen LogP contribution is -2.48. The number of hydrogen-bond acceptors (Lipinski definition) is 9. The predicted molar refractivity (Wildman–Crippen MR) is 109 cm³/mol. The van der Waals surface area contributed by atoms with Crippen molar-refractivity contribution in [2.75, 3.05) is 42.9 Å². The van der Waals surface area contributed by atoms with Crippen LogP contribution in [-0.4, -0.2) is 54.8 Å². The molecule has 10 nitrogen and oxygen atoms in total. The number of benzene rings is 1. The van der Waals surface area contributed by atoms with Crippen LogP contribution in [0, 0.1) is 11.3 Å². The van der Waals surface area contributed by atoms with E-state index in [4.69, 9.17) is 8.83 Å². The van der Waals surface area contributed by atoms with E-state index in [1.807, 2.05) is 15.9 Å². The van der Waals surface area contributed by atoms with Crippen molar-refractivity contribution in [2.24, 2.45) is 0 Å². The first-order valence-corrected chi connectivity index (χ1v) is 10.0. The lowest BCUT2D eigenvalue weighted by Gasteiger charge is -2.34. The maximum Gasteiger partial charge on any atom is 0.586 e. The van der Waals surface area contributed by atoms with Crippen molar-refractivity contribution in [3.63, 3.8) is 0 Å². The number of anilines is 2. The number of nitriles is 1. The fourth-order valence-electron chi connectivity index (χ4n) is 3.64. The van der Waals surface area contributed by atoms with E-state index in [0.29, 0.717) is 43.5 Å². The molecule has 0 atom stereocenters. The summed E-state index contributed by atoms with van der Waals surface area (Å²) in [5.74, 6) is 0.501. The molecular weight excluding hydrogens is 440 g/mol. The molecule has 0 radical (unpaired) electrons. The van der Waals surface area contributed by atoms with Gasteiger partial charge >= 0.3 is 6.29 Å². The Hall–Kier alpha value is -4.11. The number of carbonyl (C=O) groups is 1. The molecule has 1 fully saturated rings. The maximum atomic E-state index is 13.1. The molecule has 2 aliphatic rings. The number of fused-ring (bicyclic) bond motifs is 1. The summed E-state index contributed by atoms with van der Waals surface area (Å²) < 4.78 is 46.1. The minimum atomic E-state index is -3.71. The summed E-state index contributed by atoms with van der Waals surface area (Å²) in [5, 5.41) is 12.1. The highest BCUT2D eigenvalue weighted by Crippen LogP contribution is 2.42. The van der Waals surface area contributed by atoms with Crippen molar-refractivity contribution in [3.05, 3.63) is 42.3 Å². The van der Waals surface area contributed by atoms with E-state index in [1.54, 1.807) is 12.1 Å². The number of amides is 1. The van der Waals surface area contributed by atoms with Gasteiger partial charge in [0.2, 0.25) is 17.5 Å². The Kier molecular flexibility index (Phi) is 5.10. The Morgan fingerprint density at radius 2 is 1.97 bits per heavy atom.